The van der Waals surface area contributed by atoms with E-state index in [2.05, 4.69) is 0 Å². The molecule has 3 nitrogen and oxygen atoms in total. The maximum absolute atomic E-state index is 10.6. The van der Waals surface area contributed by atoms with E-state index in [9.17, 15) is 4.79 Å². The first-order valence-electron chi connectivity index (χ1n) is 2.68. The largest absolute Gasteiger partial charge is 0.286 e. The molecule has 3 heteroatoms. The lowest BCUT2D eigenvalue weighted by atomic mass is 10.4. The van der Waals surface area contributed by atoms with E-state index in [1.807, 2.05) is 0 Å². The Hall–Kier alpha value is -0.570. The molecule has 1 amide bonds. The van der Waals surface area contributed by atoms with Crippen LogP contribution in [-0.2, 0) is 4.79 Å². The number of hydrogen-bond donors (Lipinski definition) is 1. The summed E-state index contributed by atoms with van der Waals surface area (Å²) in [5, 5.41) is 9.18. The molecule has 1 aliphatic rings. The van der Waals surface area contributed by atoms with Crippen LogP contribution in [0.2, 0.25) is 0 Å². The molecule has 8 heavy (non-hydrogen) atoms. The summed E-state index contributed by atoms with van der Waals surface area (Å²) in [6, 6.07) is 0. The van der Waals surface area contributed by atoms with Gasteiger partial charge in [0.05, 0.1) is 0 Å². The normalized spacial score (nSPS) is 18.2. The van der Waals surface area contributed by atoms with Crippen LogP contribution in [0.3, 0.4) is 0 Å². The molecule has 0 heterocycles. The van der Waals surface area contributed by atoms with E-state index >= 15 is 0 Å². The highest BCUT2D eigenvalue weighted by atomic mass is 16.5. The molecule has 0 aromatic carbocycles. The summed E-state index contributed by atoms with van der Waals surface area (Å²) in [4.78, 5) is 10.6. The molecular weight excluding hydrogens is 106 g/mol. The second kappa shape index (κ2) is 1.74. The summed E-state index contributed by atoms with van der Waals surface area (Å²) in [5.41, 5.74) is 0. The smallest absolute Gasteiger partial charge is 0.248 e. The zero-order valence-corrected chi connectivity index (χ0v) is 4.79. The predicted molar refractivity (Wildman–Crippen MR) is 27.3 cm³/mol. The van der Waals surface area contributed by atoms with Crippen LogP contribution in [0.1, 0.15) is 12.8 Å². The summed E-state index contributed by atoms with van der Waals surface area (Å²) < 4.78 is 0. The topological polar surface area (TPSA) is 40.5 Å². The number of carbonyl (C=O) groups is 1. The molecule has 0 saturated heterocycles. The Balaban J connectivity index is 2.33. The summed E-state index contributed by atoms with van der Waals surface area (Å²) in [5.74, 6) is -0.0185. The van der Waals surface area contributed by atoms with Gasteiger partial charge >= 0.3 is 0 Å². The van der Waals surface area contributed by atoms with Gasteiger partial charge in [-0.1, -0.05) is 0 Å². The van der Waals surface area contributed by atoms with Crippen LogP contribution in [0.25, 0.3) is 0 Å². The van der Waals surface area contributed by atoms with E-state index in [4.69, 9.17) is 5.21 Å². The highest BCUT2D eigenvalue weighted by Gasteiger charge is 2.31. The molecule has 0 aromatic heterocycles. The van der Waals surface area contributed by atoms with Gasteiger partial charge in [-0.25, -0.2) is 5.06 Å². The van der Waals surface area contributed by atoms with Crippen LogP contribution in [-0.4, -0.2) is 23.2 Å². The second-order valence-electron chi connectivity index (χ2n) is 2.14. The second-order valence-corrected chi connectivity index (χ2v) is 2.14. The van der Waals surface area contributed by atoms with E-state index in [1.54, 1.807) is 0 Å². The molecule has 1 rings (SSSR count). The minimum Gasteiger partial charge on any atom is -0.286 e. The van der Waals surface area contributed by atoms with Crippen LogP contribution in [0, 0.1) is 5.92 Å². The lowest BCUT2D eigenvalue weighted by molar-refractivity contribution is -0.160. The highest BCUT2D eigenvalue weighted by Crippen LogP contribution is 2.29. The van der Waals surface area contributed by atoms with Crippen LogP contribution in [0.4, 0.5) is 0 Å². The van der Waals surface area contributed by atoms with Crippen molar-refractivity contribution in [2.45, 2.75) is 12.8 Å². The minimum absolute atomic E-state index is 0.130. The molecule has 0 spiro atoms. The summed E-state index contributed by atoms with van der Waals surface area (Å²) in [6.07, 6.45) is 1.90. The van der Waals surface area contributed by atoms with Gasteiger partial charge < -0.3 is 0 Å². The zero-order chi connectivity index (χ0) is 6.15. The fourth-order valence-corrected chi connectivity index (χ4v) is 0.595. The Morgan fingerprint density at radius 1 is 1.75 bits per heavy atom. The van der Waals surface area contributed by atoms with Crippen molar-refractivity contribution in [2.75, 3.05) is 7.05 Å². The van der Waals surface area contributed by atoms with Crippen LogP contribution in [0.5, 0.6) is 0 Å². The average molecular weight is 115 g/mol. The molecule has 0 aromatic rings. The van der Waals surface area contributed by atoms with Crippen LogP contribution >= 0.6 is 0 Å². The van der Waals surface area contributed by atoms with Gasteiger partial charge in [-0.05, 0) is 12.8 Å². The first-order valence-corrected chi connectivity index (χ1v) is 2.68. The quantitative estimate of drug-likeness (QED) is 0.393. The first-order chi connectivity index (χ1) is 3.72. The molecule has 1 aliphatic carbocycles. The van der Waals surface area contributed by atoms with Gasteiger partial charge in [-0.15, -0.1) is 0 Å². The molecule has 0 radical (unpaired) electrons. The standard InChI is InChI=1S/C5H9NO2/c1-6(8)5(7)4-2-3-4/h4,8H,2-3H2,1H3. The fourth-order valence-electron chi connectivity index (χ4n) is 0.595. The monoisotopic (exact) mass is 115 g/mol. The van der Waals surface area contributed by atoms with Gasteiger partial charge in [-0.2, -0.15) is 0 Å². The van der Waals surface area contributed by atoms with E-state index in [0.29, 0.717) is 5.06 Å². The van der Waals surface area contributed by atoms with Crippen molar-refractivity contribution in [1.82, 2.24) is 5.06 Å². The van der Waals surface area contributed by atoms with Crippen LogP contribution < -0.4 is 0 Å². The Bertz CT molecular complexity index is 103. The Morgan fingerprint density at radius 3 is 2.38 bits per heavy atom. The number of rotatable bonds is 1. The van der Waals surface area contributed by atoms with E-state index < -0.39 is 0 Å². The van der Waals surface area contributed by atoms with Gasteiger partial charge in [0.25, 0.3) is 0 Å². The SMILES string of the molecule is CN(O)C(=O)C1CC1. The van der Waals surface area contributed by atoms with E-state index in [0.717, 1.165) is 12.8 Å². The molecule has 0 unspecified atom stereocenters. The van der Waals surface area contributed by atoms with Crippen molar-refractivity contribution >= 4 is 5.91 Å². The van der Waals surface area contributed by atoms with Crippen LogP contribution in [0.15, 0.2) is 0 Å². The fraction of sp³-hybridized carbons (Fsp3) is 0.800. The minimum atomic E-state index is -0.148. The van der Waals surface area contributed by atoms with Crippen molar-refractivity contribution in [3.63, 3.8) is 0 Å². The maximum atomic E-state index is 10.6. The highest BCUT2D eigenvalue weighted by molar-refractivity contribution is 5.79. The van der Waals surface area contributed by atoms with Crippen molar-refractivity contribution in [1.29, 1.82) is 0 Å². The summed E-state index contributed by atoms with van der Waals surface area (Å²) in [7, 11) is 1.36. The number of hydrogen-bond acceptors (Lipinski definition) is 2. The van der Waals surface area contributed by atoms with Crippen molar-refractivity contribution in [3.05, 3.63) is 0 Å². The molecule has 1 fully saturated rings. The van der Waals surface area contributed by atoms with Crippen molar-refractivity contribution < 1.29 is 10.0 Å². The lowest BCUT2D eigenvalue weighted by Gasteiger charge is -2.04. The Kier molecular flexibility index (Phi) is 1.21. The molecule has 0 atom stereocenters. The third kappa shape index (κ3) is 0.980. The Morgan fingerprint density at radius 2 is 2.25 bits per heavy atom. The Labute approximate surface area is 47.9 Å². The molecule has 1 saturated carbocycles. The maximum Gasteiger partial charge on any atom is 0.248 e. The van der Waals surface area contributed by atoms with Crippen molar-refractivity contribution in [3.8, 4) is 0 Å². The van der Waals surface area contributed by atoms with Gasteiger partial charge in [0, 0.05) is 13.0 Å². The lowest BCUT2D eigenvalue weighted by Crippen LogP contribution is -2.23. The average Bonchev–Trinajstić information content (AvgIpc) is 2.43. The molecular formula is C5H9NO2. The van der Waals surface area contributed by atoms with Gasteiger partial charge in [0.1, 0.15) is 0 Å². The van der Waals surface area contributed by atoms with Gasteiger partial charge in [0.2, 0.25) is 5.91 Å². The number of hydroxylamine groups is 2. The zero-order valence-electron chi connectivity index (χ0n) is 4.79. The van der Waals surface area contributed by atoms with E-state index in [-0.39, 0.29) is 11.8 Å². The molecule has 46 valence electrons. The van der Waals surface area contributed by atoms with E-state index in [1.165, 1.54) is 7.05 Å². The number of nitrogens with zero attached hydrogens (tertiary/aromatic N) is 1. The molecule has 1 N–H and O–H groups in total. The van der Waals surface area contributed by atoms with Gasteiger partial charge in [0.15, 0.2) is 0 Å². The molecule has 0 bridgehead atoms. The predicted octanol–water partition coefficient (Wildman–Crippen LogP) is 0.244. The number of carbonyl (C=O) groups excluding carboxylic acids is 1. The number of amides is 1. The molecule has 0 aliphatic heterocycles. The van der Waals surface area contributed by atoms with Gasteiger partial charge in [-0.3, -0.25) is 10.0 Å². The third-order valence-corrected chi connectivity index (χ3v) is 1.25. The van der Waals surface area contributed by atoms with Crippen molar-refractivity contribution in [2.24, 2.45) is 5.92 Å². The third-order valence-electron chi connectivity index (χ3n) is 1.25. The summed E-state index contributed by atoms with van der Waals surface area (Å²) in [6.45, 7) is 0. The summed E-state index contributed by atoms with van der Waals surface area (Å²) >= 11 is 0. The first kappa shape index (κ1) is 5.56.